The highest BCUT2D eigenvalue weighted by Crippen LogP contribution is 2.10. The van der Waals surface area contributed by atoms with Crippen molar-refractivity contribution in [3.63, 3.8) is 0 Å². The number of hydrogen-bond acceptors (Lipinski definition) is 2. The molecule has 0 radical (unpaired) electrons. The maximum absolute atomic E-state index is 12.0. The first kappa shape index (κ1) is 15.5. The predicted molar refractivity (Wildman–Crippen MR) is 87.6 cm³/mol. The summed E-state index contributed by atoms with van der Waals surface area (Å²) in [5.74, 6) is -0.223. The van der Waals surface area contributed by atoms with Crippen molar-refractivity contribution in [2.45, 2.75) is 26.8 Å². The monoisotopic (exact) mass is 348 g/mol. The van der Waals surface area contributed by atoms with Crippen molar-refractivity contribution in [2.75, 3.05) is 5.32 Å². The maximum Gasteiger partial charge on any atom is 0.265 e. The minimum absolute atomic E-state index is 0.00531. The number of aryl methyl sites for hydroxylation is 2. The summed E-state index contributed by atoms with van der Waals surface area (Å²) in [6, 6.07) is 9.42. The van der Waals surface area contributed by atoms with E-state index in [9.17, 15) is 9.59 Å². The number of nitrogens with one attached hydrogen (secondary N) is 1. The summed E-state index contributed by atoms with van der Waals surface area (Å²) in [4.78, 5) is 24.0. The maximum atomic E-state index is 12.0. The lowest BCUT2D eigenvalue weighted by Crippen LogP contribution is -2.27. The highest BCUT2D eigenvalue weighted by Gasteiger charge is 2.08. The van der Waals surface area contributed by atoms with Gasteiger partial charge in [0.2, 0.25) is 5.91 Å². The molecule has 0 saturated heterocycles. The van der Waals surface area contributed by atoms with Crippen LogP contribution >= 0.6 is 15.9 Å². The Labute approximate surface area is 131 Å². The Morgan fingerprint density at radius 3 is 2.57 bits per heavy atom. The van der Waals surface area contributed by atoms with Gasteiger partial charge in [-0.2, -0.15) is 0 Å². The zero-order valence-electron chi connectivity index (χ0n) is 12.0. The Hall–Kier alpha value is -1.88. The molecule has 1 aromatic carbocycles. The number of nitrogens with zero attached hydrogens (tertiary/aromatic N) is 1. The third-order valence-corrected chi connectivity index (χ3v) is 3.71. The van der Waals surface area contributed by atoms with E-state index < -0.39 is 0 Å². The molecule has 4 nitrogen and oxygen atoms in total. The van der Waals surface area contributed by atoms with Gasteiger partial charge in [0.05, 0.1) is 4.47 Å². The van der Waals surface area contributed by atoms with Crippen LogP contribution in [0.3, 0.4) is 0 Å². The van der Waals surface area contributed by atoms with Crippen LogP contribution in [0.5, 0.6) is 0 Å². The highest BCUT2D eigenvalue weighted by molar-refractivity contribution is 9.10. The number of halogens is 1. The molecule has 0 aliphatic rings. The van der Waals surface area contributed by atoms with Crippen molar-refractivity contribution < 1.29 is 4.79 Å². The van der Waals surface area contributed by atoms with Crippen LogP contribution in [0, 0.1) is 6.92 Å². The number of benzene rings is 1. The molecule has 0 atom stereocenters. The molecule has 5 heteroatoms. The van der Waals surface area contributed by atoms with Crippen LogP contribution in [0.15, 0.2) is 45.8 Å². The van der Waals surface area contributed by atoms with Crippen LogP contribution < -0.4 is 10.9 Å². The Morgan fingerprint density at radius 1 is 1.29 bits per heavy atom. The van der Waals surface area contributed by atoms with Crippen LogP contribution in [0.1, 0.15) is 18.1 Å². The molecule has 110 valence electrons. The van der Waals surface area contributed by atoms with E-state index in [0.29, 0.717) is 4.47 Å². The van der Waals surface area contributed by atoms with Crippen molar-refractivity contribution in [1.82, 2.24) is 4.57 Å². The fraction of sp³-hybridized carbons (Fsp3) is 0.250. The molecule has 1 aromatic heterocycles. The van der Waals surface area contributed by atoms with Gasteiger partial charge in [-0.05, 0) is 58.6 Å². The Morgan fingerprint density at radius 2 is 1.95 bits per heavy atom. The van der Waals surface area contributed by atoms with Crippen LogP contribution in [0.4, 0.5) is 5.69 Å². The summed E-state index contributed by atoms with van der Waals surface area (Å²) in [6.45, 7) is 3.95. The first-order chi connectivity index (χ1) is 9.99. The number of pyridine rings is 1. The zero-order chi connectivity index (χ0) is 15.4. The van der Waals surface area contributed by atoms with Crippen LogP contribution in [0.25, 0.3) is 0 Å². The topological polar surface area (TPSA) is 51.1 Å². The van der Waals surface area contributed by atoms with E-state index in [-0.39, 0.29) is 18.0 Å². The van der Waals surface area contributed by atoms with Crippen LogP contribution in [-0.2, 0) is 17.8 Å². The van der Waals surface area contributed by atoms with Crippen molar-refractivity contribution in [1.29, 1.82) is 0 Å². The van der Waals surface area contributed by atoms with Crippen molar-refractivity contribution in [3.8, 4) is 0 Å². The molecule has 0 aliphatic heterocycles. The number of hydrogen-bond donors (Lipinski definition) is 1. The molecule has 21 heavy (non-hydrogen) atoms. The van der Waals surface area contributed by atoms with Crippen LogP contribution in [-0.4, -0.2) is 10.5 Å². The van der Waals surface area contributed by atoms with Gasteiger partial charge in [-0.1, -0.05) is 19.1 Å². The average Bonchev–Trinajstić information content (AvgIpc) is 2.45. The minimum Gasteiger partial charge on any atom is -0.325 e. The van der Waals surface area contributed by atoms with Gasteiger partial charge >= 0.3 is 0 Å². The number of carbonyl (C=O) groups is 1. The molecule has 0 bridgehead atoms. The molecule has 0 unspecified atom stereocenters. The molecule has 0 spiro atoms. The number of carbonyl (C=O) groups excluding carboxylic acids is 1. The van der Waals surface area contributed by atoms with Gasteiger partial charge in [0.15, 0.2) is 0 Å². The second kappa shape index (κ2) is 6.72. The van der Waals surface area contributed by atoms with Gasteiger partial charge < -0.3 is 9.88 Å². The lowest BCUT2D eigenvalue weighted by Gasteiger charge is -2.09. The fourth-order valence-corrected chi connectivity index (χ4v) is 2.63. The SMILES string of the molecule is CCc1ccc(NC(=O)Cn2cc(C)cc(Br)c2=O)cc1. The van der Waals surface area contributed by atoms with Gasteiger partial charge in [-0.3, -0.25) is 9.59 Å². The third-order valence-electron chi connectivity index (χ3n) is 3.14. The molecule has 0 saturated carbocycles. The normalized spacial score (nSPS) is 10.4. The third kappa shape index (κ3) is 4.04. The minimum atomic E-state index is -0.223. The first-order valence-corrected chi connectivity index (χ1v) is 7.54. The van der Waals surface area contributed by atoms with E-state index in [4.69, 9.17) is 0 Å². The Bertz CT molecular complexity index is 705. The summed E-state index contributed by atoms with van der Waals surface area (Å²) < 4.78 is 1.86. The second-order valence-electron chi connectivity index (χ2n) is 4.90. The van der Waals surface area contributed by atoms with Crippen molar-refractivity contribution in [3.05, 3.63) is 62.5 Å². The first-order valence-electron chi connectivity index (χ1n) is 6.75. The Balaban J connectivity index is 2.09. The van der Waals surface area contributed by atoms with E-state index in [1.807, 2.05) is 31.2 Å². The molecule has 2 aromatic rings. The average molecular weight is 349 g/mol. The van der Waals surface area contributed by atoms with E-state index in [0.717, 1.165) is 17.7 Å². The van der Waals surface area contributed by atoms with E-state index >= 15 is 0 Å². The lowest BCUT2D eigenvalue weighted by atomic mass is 10.1. The van der Waals surface area contributed by atoms with Gasteiger partial charge in [0, 0.05) is 11.9 Å². The number of aromatic nitrogens is 1. The summed E-state index contributed by atoms with van der Waals surface area (Å²) in [6.07, 6.45) is 2.63. The number of anilines is 1. The van der Waals surface area contributed by atoms with Crippen molar-refractivity contribution >= 4 is 27.5 Å². The number of rotatable bonds is 4. The predicted octanol–water partition coefficient (Wildman–Crippen LogP) is 3.12. The molecular formula is C16H17BrN2O2. The van der Waals surface area contributed by atoms with Crippen molar-refractivity contribution in [2.24, 2.45) is 0 Å². The van der Waals surface area contributed by atoms with E-state index in [1.54, 1.807) is 12.3 Å². The molecular weight excluding hydrogens is 332 g/mol. The van der Waals surface area contributed by atoms with Gasteiger partial charge in [0.1, 0.15) is 6.54 Å². The smallest absolute Gasteiger partial charge is 0.265 e. The largest absolute Gasteiger partial charge is 0.325 e. The van der Waals surface area contributed by atoms with Gasteiger partial charge in [0.25, 0.3) is 5.56 Å². The molecule has 0 aliphatic carbocycles. The highest BCUT2D eigenvalue weighted by atomic mass is 79.9. The fourth-order valence-electron chi connectivity index (χ4n) is 2.04. The van der Waals surface area contributed by atoms with E-state index in [2.05, 4.69) is 28.2 Å². The van der Waals surface area contributed by atoms with Gasteiger partial charge in [-0.15, -0.1) is 0 Å². The summed E-state index contributed by atoms with van der Waals surface area (Å²) in [7, 11) is 0. The summed E-state index contributed by atoms with van der Waals surface area (Å²) in [5, 5.41) is 2.79. The summed E-state index contributed by atoms with van der Waals surface area (Å²) in [5.41, 5.74) is 2.66. The Kier molecular flexibility index (Phi) is 4.96. The van der Waals surface area contributed by atoms with E-state index in [1.165, 1.54) is 10.1 Å². The molecule has 1 amide bonds. The summed E-state index contributed by atoms with van der Waals surface area (Å²) >= 11 is 3.20. The zero-order valence-corrected chi connectivity index (χ0v) is 13.6. The lowest BCUT2D eigenvalue weighted by molar-refractivity contribution is -0.116. The molecule has 0 fully saturated rings. The number of amides is 1. The second-order valence-corrected chi connectivity index (χ2v) is 5.75. The molecule has 1 N–H and O–H groups in total. The van der Waals surface area contributed by atoms with Gasteiger partial charge in [-0.25, -0.2) is 0 Å². The molecule has 1 heterocycles. The quantitative estimate of drug-likeness (QED) is 0.922. The standard InChI is InChI=1S/C16H17BrN2O2/c1-3-12-4-6-13(7-5-12)18-15(20)10-19-9-11(2)8-14(17)16(19)21/h4-9H,3,10H2,1-2H3,(H,18,20). The van der Waals surface area contributed by atoms with Crippen LogP contribution in [0.2, 0.25) is 0 Å². The molecule has 2 rings (SSSR count).